The predicted molar refractivity (Wildman–Crippen MR) is 79.2 cm³/mol. The Morgan fingerprint density at radius 2 is 1.90 bits per heavy atom. The number of carboxylic acid groups (broad SMARTS) is 1. The molecule has 1 N–H and O–H groups in total. The largest absolute Gasteiger partial charge is 0.480 e. The van der Waals surface area contributed by atoms with Crippen LogP contribution < -0.4 is 4.90 Å². The lowest BCUT2D eigenvalue weighted by atomic mass is 10.2. The minimum atomic E-state index is -0.952. The molecule has 0 radical (unpaired) electrons. The summed E-state index contributed by atoms with van der Waals surface area (Å²) in [6.45, 7) is 0.0228. The van der Waals surface area contributed by atoms with E-state index < -0.39 is 5.97 Å². The summed E-state index contributed by atoms with van der Waals surface area (Å²) in [5.41, 5.74) is 1.20. The van der Waals surface area contributed by atoms with E-state index in [4.69, 9.17) is 5.11 Å². The zero-order valence-corrected chi connectivity index (χ0v) is 12.2. The van der Waals surface area contributed by atoms with E-state index in [0.29, 0.717) is 10.0 Å². The third kappa shape index (κ3) is 3.81. The van der Waals surface area contributed by atoms with Crippen LogP contribution in [0.1, 0.15) is 5.56 Å². The van der Waals surface area contributed by atoms with Gasteiger partial charge in [0.2, 0.25) is 0 Å². The van der Waals surface area contributed by atoms with Crippen molar-refractivity contribution < 1.29 is 14.3 Å². The summed E-state index contributed by atoms with van der Waals surface area (Å²) in [5, 5.41) is 8.99. The lowest BCUT2D eigenvalue weighted by Gasteiger charge is -2.23. The Balaban J connectivity index is 2.26. The Hall–Kier alpha value is -1.88. The Morgan fingerprint density at radius 3 is 2.50 bits per heavy atom. The Kier molecular flexibility index (Phi) is 4.74. The number of hydrogen-bond donors (Lipinski definition) is 1. The number of halogens is 2. The van der Waals surface area contributed by atoms with Crippen molar-refractivity contribution in [3.63, 3.8) is 0 Å². The summed E-state index contributed by atoms with van der Waals surface area (Å²) in [4.78, 5) is 12.6. The Morgan fingerprint density at radius 1 is 1.20 bits per heavy atom. The fraction of sp³-hybridized carbons (Fsp3) is 0.133. The molecule has 0 saturated carbocycles. The number of anilines is 1. The van der Waals surface area contributed by atoms with Crippen molar-refractivity contribution in [1.82, 2.24) is 0 Å². The second-order valence-corrected chi connectivity index (χ2v) is 5.24. The topological polar surface area (TPSA) is 40.5 Å². The van der Waals surface area contributed by atoms with Gasteiger partial charge in [-0.05, 0) is 24.3 Å². The van der Waals surface area contributed by atoms with E-state index in [1.165, 1.54) is 6.07 Å². The summed E-state index contributed by atoms with van der Waals surface area (Å²) in [5.74, 6) is -1.31. The van der Waals surface area contributed by atoms with Crippen LogP contribution in [0.4, 0.5) is 10.1 Å². The number of aliphatic carboxylic acids is 1. The second kappa shape index (κ2) is 6.52. The third-order valence-electron chi connectivity index (χ3n) is 2.82. The molecule has 0 bridgehead atoms. The first-order valence-electron chi connectivity index (χ1n) is 6.02. The molecule has 3 nitrogen and oxygen atoms in total. The lowest BCUT2D eigenvalue weighted by molar-refractivity contribution is -0.135. The number of benzene rings is 2. The molecular weight excluding hydrogens is 325 g/mol. The van der Waals surface area contributed by atoms with Gasteiger partial charge in [0.15, 0.2) is 0 Å². The van der Waals surface area contributed by atoms with Gasteiger partial charge in [-0.2, -0.15) is 0 Å². The SMILES string of the molecule is O=C(O)CN(Cc1ccc(Br)cc1F)c1ccccc1. The Bertz CT molecular complexity index is 604. The zero-order chi connectivity index (χ0) is 14.5. The standard InChI is InChI=1S/C15H13BrFNO2/c16-12-7-6-11(14(17)8-12)9-18(10-15(19)20)13-4-2-1-3-5-13/h1-8H,9-10H2,(H,19,20). The molecule has 20 heavy (non-hydrogen) atoms. The summed E-state index contributed by atoms with van der Waals surface area (Å²) in [6.07, 6.45) is 0. The van der Waals surface area contributed by atoms with Gasteiger partial charge in [0, 0.05) is 22.3 Å². The van der Waals surface area contributed by atoms with Gasteiger partial charge >= 0.3 is 5.97 Å². The van der Waals surface area contributed by atoms with Gasteiger partial charge in [0.05, 0.1) is 0 Å². The summed E-state index contributed by atoms with van der Waals surface area (Å²) in [6, 6.07) is 13.9. The first-order valence-corrected chi connectivity index (χ1v) is 6.81. The van der Waals surface area contributed by atoms with E-state index in [2.05, 4.69) is 15.9 Å². The van der Waals surface area contributed by atoms with Crippen molar-refractivity contribution in [2.24, 2.45) is 0 Å². The van der Waals surface area contributed by atoms with E-state index in [9.17, 15) is 9.18 Å². The summed E-state index contributed by atoms with van der Waals surface area (Å²) in [7, 11) is 0. The summed E-state index contributed by atoms with van der Waals surface area (Å²) >= 11 is 3.20. The highest BCUT2D eigenvalue weighted by Gasteiger charge is 2.13. The third-order valence-corrected chi connectivity index (χ3v) is 3.32. The highest BCUT2D eigenvalue weighted by molar-refractivity contribution is 9.10. The van der Waals surface area contributed by atoms with Gasteiger partial charge in [-0.3, -0.25) is 4.79 Å². The molecule has 2 rings (SSSR count). The number of carboxylic acids is 1. The van der Waals surface area contributed by atoms with E-state index in [1.54, 1.807) is 29.2 Å². The van der Waals surface area contributed by atoms with Crippen LogP contribution >= 0.6 is 15.9 Å². The van der Waals surface area contributed by atoms with Crippen molar-refractivity contribution in [3.8, 4) is 0 Å². The molecule has 5 heteroatoms. The molecule has 0 aliphatic heterocycles. The maximum absolute atomic E-state index is 13.9. The van der Waals surface area contributed by atoms with Crippen LogP contribution in [-0.4, -0.2) is 17.6 Å². The molecule has 2 aromatic carbocycles. The van der Waals surface area contributed by atoms with Crippen LogP contribution in [0.15, 0.2) is 53.0 Å². The predicted octanol–water partition coefficient (Wildman–Crippen LogP) is 3.68. The number of rotatable bonds is 5. The van der Waals surface area contributed by atoms with Crippen molar-refractivity contribution in [1.29, 1.82) is 0 Å². The van der Waals surface area contributed by atoms with Crippen LogP contribution in [0.25, 0.3) is 0 Å². The molecule has 0 heterocycles. The maximum Gasteiger partial charge on any atom is 0.323 e. The maximum atomic E-state index is 13.9. The summed E-state index contributed by atoms with van der Waals surface area (Å²) < 4.78 is 14.5. The molecule has 0 spiro atoms. The van der Waals surface area contributed by atoms with Crippen LogP contribution in [0.2, 0.25) is 0 Å². The van der Waals surface area contributed by atoms with Crippen molar-refractivity contribution in [3.05, 3.63) is 64.4 Å². The van der Waals surface area contributed by atoms with Gasteiger partial charge in [-0.25, -0.2) is 4.39 Å². The molecule has 0 unspecified atom stereocenters. The molecule has 104 valence electrons. The van der Waals surface area contributed by atoms with Gasteiger partial charge < -0.3 is 10.0 Å². The van der Waals surface area contributed by atoms with Crippen molar-refractivity contribution in [2.45, 2.75) is 6.54 Å². The molecule has 0 fully saturated rings. The molecule has 0 aliphatic rings. The monoisotopic (exact) mass is 337 g/mol. The molecule has 0 aromatic heterocycles. The van der Waals surface area contributed by atoms with Crippen molar-refractivity contribution in [2.75, 3.05) is 11.4 Å². The average molecular weight is 338 g/mol. The number of carbonyl (C=O) groups is 1. The molecule has 0 saturated heterocycles. The molecule has 0 amide bonds. The van der Waals surface area contributed by atoms with E-state index in [-0.39, 0.29) is 18.9 Å². The van der Waals surface area contributed by atoms with Crippen molar-refractivity contribution >= 4 is 27.6 Å². The molecule has 0 atom stereocenters. The quantitative estimate of drug-likeness (QED) is 0.904. The van der Waals surface area contributed by atoms with E-state index >= 15 is 0 Å². The highest BCUT2D eigenvalue weighted by Crippen LogP contribution is 2.20. The van der Waals surface area contributed by atoms with E-state index in [1.807, 2.05) is 18.2 Å². The van der Waals surface area contributed by atoms with Crippen LogP contribution in [0.3, 0.4) is 0 Å². The van der Waals surface area contributed by atoms with Gasteiger partial charge in [0.1, 0.15) is 12.4 Å². The second-order valence-electron chi connectivity index (χ2n) is 4.32. The first kappa shape index (κ1) is 14.5. The van der Waals surface area contributed by atoms with Gasteiger partial charge in [0.25, 0.3) is 0 Å². The minimum Gasteiger partial charge on any atom is -0.480 e. The van der Waals surface area contributed by atoms with Crippen LogP contribution in [-0.2, 0) is 11.3 Å². The normalized spacial score (nSPS) is 10.3. The smallest absolute Gasteiger partial charge is 0.323 e. The molecule has 2 aromatic rings. The highest BCUT2D eigenvalue weighted by atomic mass is 79.9. The number of nitrogens with zero attached hydrogens (tertiary/aromatic N) is 1. The van der Waals surface area contributed by atoms with Crippen LogP contribution in [0.5, 0.6) is 0 Å². The lowest BCUT2D eigenvalue weighted by Crippen LogP contribution is -2.29. The molecular formula is C15H13BrFNO2. The van der Waals surface area contributed by atoms with Gasteiger partial charge in [-0.15, -0.1) is 0 Å². The number of hydrogen-bond acceptors (Lipinski definition) is 2. The van der Waals surface area contributed by atoms with E-state index in [0.717, 1.165) is 5.69 Å². The average Bonchev–Trinajstić information content (AvgIpc) is 2.41. The zero-order valence-electron chi connectivity index (χ0n) is 10.6. The molecule has 0 aliphatic carbocycles. The fourth-order valence-electron chi connectivity index (χ4n) is 1.90. The fourth-order valence-corrected chi connectivity index (χ4v) is 2.23. The number of para-hydroxylation sites is 1. The van der Waals surface area contributed by atoms with Gasteiger partial charge in [-0.1, -0.05) is 40.2 Å². The van der Waals surface area contributed by atoms with Crippen LogP contribution in [0, 0.1) is 5.82 Å². The minimum absolute atomic E-state index is 0.181. The Labute approximate surface area is 124 Å². The first-order chi connectivity index (χ1) is 9.56.